The second-order valence-electron chi connectivity index (χ2n) is 2.92. The highest BCUT2D eigenvalue weighted by Crippen LogP contribution is 2.42. The number of benzene rings is 1. The molecule has 0 aromatic heterocycles. The molecule has 1 aromatic rings. The summed E-state index contributed by atoms with van der Waals surface area (Å²) in [7, 11) is 0. The molecule has 0 atom stereocenters. The summed E-state index contributed by atoms with van der Waals surface area (Å²) in [6.45, 7) is 0. The van der Waals surface area contributed by atoms with E-state index in [1.54, 1.807) is 6.07 Å². The van der Waals surface area contributed by atoms with Gasteiger partial charge in [0, 0.05) is 0 Å². The van der Waals surface area contributed by atoms with Crippen LogP contribution < -0.4 is 0 Å². The summed E-state index contributed by atoms with van der Waals surface area (Å²) >= 11 is 3.17. The molecule has 0 amide bonds. The first-order valence-electron chi connectivity index (χ1n) is 3.73. The Morgan fingerprint density at radius 3 is 2.73 bits per heavy atom. The fraction of sp³-hybridized carbons (Fsp3) is 0.333. The maximum absolute atomic E-state index is 13.2. The fourth-order valence-electron chi connectivity index (χ4n) is 1.23. The monoisotopic (exact) mass is 214 g/mol. The number of hydrogen-bond acceptors (Lipinski definition) is 0. The van der Waals surface area contributed by atoms with Crippen molar-refractivity contribution in [3.63, 3.8) is 0 Å². The highest BCUT2D eigenvalue weighted by molar-refractivity contribution is 9.10. The molecule has 0 radical (unpaired) electrons. The van der Waals surface area contributed by atoms with E-state index in [1.165, 1.54) is 0 Å². The maximum Gasteiger partial charge on any atom is 0.140 e. The molecule has 0 saturated heterocycles. The molecule has 0 bridgehead atoms. The average molecular weight is 215 g/mol. The lowest BCUT2D eigenvalue weighted by Gasteiger charge is -2.00. The highest BCUT2D eigenvalue weighted by atomic mass is 79.9. The lowest BCUT2D eigenvalue weighted by Crippen LogP contribution is -1.86. The minimum Gasteiger partial charge on any atom is -0.205 e. The molecule has 1 aliphatic carbocycles. The summed E-state index contributed by atoms with van der Waals surface area (Å²) < 4.78 is 13.8. The van der Waals surface area contributed by atoms with Crippen LogP contribution in [0.5, 0.6) is 0 Å². The van der Waals surface area contributed by atoms with Crippen molar-refractivity contribution in [3.8, 4) is 0 Å². The number of hydrogen-bond donors (Lipinski definition) is 0. The van der Waals surface area contributed by atoms with E-state index in [4.69, 9.17) is 0 Å². The number of halogens is 2. The van der Waals surface area contributed by atoms with Crippen LogP contribution in [0.25, 0.3) is 0 Å². The molecule has 0 N–H and O–H groups in total. The minimum atomic E-state index is -0.0741. The molecule has 1 aromatic carbocycles. The zero-order valence-corrected chi connectivity index (χ0v) is 7.57. The van der Waals surface area contributed by atoms with Crippen molar-refractivity contribution in [2.45, 2.75) is 18.8 Å². The summed E-state index contributed by atoms with van der Waals surface area (Å²) in [6, 6.07) is 5.50. The Morgan fingerprint density at radius 1 is 1.36 bits per heavy atom. The molecule has 0 nitrogen and oxygen atoms in total. The van der Waals surface area contributed by atoms with Crippen LogP contribution in [-0.2, 0) is 0 Å². The molecule has 2 heteroatoms. The molecule has 2 rings (SSSR count). The van der Waals surface area contributed by atoms with E-state index in [2.05, 4.69) is 15.9 Å². The molecule has 0 unspecified atom stereocenters. The summed E-state index contributed by atoms with van der Waals surface area (Å²) in [5.74, 6) is 0.419. The van der Waals surface area contributed by atoms with Gasteiger partial charge in [-0.2, -0.15) is 0 Å². The third kappa shape index (κ3) is 1.32. The van der Waals surface area contributed by atoms with Crippen molar-refractivity contribution in [3.05, 3.63) is 34.1 Å². The second kappa shape index (κ2) is 2.59. The van der Waals surface area contributed by atoms with E-state index >= 15 is 0 Å². The normalized spacial score (nSPS) is 16.9. The van der Waals surface area contributed by atoms with Crippen LogP contribution in [0.3, 0.4) is 0 Å². The third-order valence-corrected chi connectivity index (χ3v) is 2.61. The van der Waals surface area contributed by atoms with Crippen LogP contribution in [0.4, 0.5) is 4.39 Å². The molecule has 1 saturated carbocycles. The molecule has 0 aliphatic heterocycles. The van der Waals surface area contributed by atoms with Crippen LogP contribution in [-0.4, -0.2) is 0 Å². The third-order valence-electron chi connectivity index (χ3n) is 2.00. The average Bonchev–Trinajstić information content (AvgIpc) is 2.77. The molecular weight excluding hydrogens is 207 g/mol. The van der Waals surface area contributed by atoms with Gasteiger partial charge < -0.3 is 0 Å². The molecule has 0 heterocycles. The van der Waals surface area contributed by atoms with Crippen LogP contribution in [0.1, 0.15) is 24.3 Å². The van der Waals surface area contributed by atoms with Gasteiger partial charge in [0.1, 0.15) is 5.82 Å². The van der Waals surface area contributed by atoms with E-state index in [-0.39, 0.29) is 5.82 Å². The summed E-state index contributed by atoms with van der Waals surface area (Å²) in [4.78, 5) is 0. The van der Waals surface area contributed by atoms with E-state index < -0.39 is 0 Å². The zero-order valence-electron chi connectivity index (χ0n) is 5.98. The SMILES string of the molecule is Fc1c(Br)cccc1C1CC1. The smallest absolute Gasteiger partial charge is 0.140 e. The Balaban J connectivity index is 2.45. The molecular formula is C9H8BrF. The topological polar surface area (TPSA) is 0 Å². The van der Waals surface area contributed by atoms with Gasteiger partial charge in [0.2, 0.25) is 0 Å². The number of rotatable bonds is 1. The van der Waals surface area contributed by atoms with Crippen molar-refractivity contribution in [2.75, 3.05) is 0 Å². The van der Waals surface area contributed by atoms with Crippen molar-refractivity contribution in [2.24, 2.45) is 0 Å². The van der Waals surface area contributed by atoms with E-state index in [0.29, 0.717) is 10.4 Å². The van der Waals surface area contributed by atoms with E-state index in [1.807, 2.05) is 12.1 Å². The predicted molar refractivity (Wildman–Crippen MR) is 46.1 cm³/mol. The van der Waals surface area contributed by atoms with E-state index in [9.17, 15) is 4.39 Å². The van der Waals surface area contributed by atoms with Crippen LogP contribution in [0.2, 0.25) is 0 Å². The van der Waals surface area contributed by atoms with Gasteiger partial charge in [-0.3, -0.25) is 0 Å². The highest BCUT2D eigenvalue weighted by Gasteiger charge is 2.26. The molecule has 11 heavy (non-hydrogen) atoms. The molecule has 1 fully saturated rings. The van der Waals surface area contributed by atoms with Gasteiger partial charge in [-0.1, -0.05) is 12.1 Å². The van der Waals surface area contributed by atoms with Gasteiger partial charge in [0.25, 0.3) is 0 Å². The molecule has 0 spiro atoms. The Morgan fingerprint density at radius 2 is 2.09 bits per heavy atom. The summed E-state index contributed by atoms with van der Waals surface area (Å²) in [6.07, 6.45) is 2.29. The van der Waals surface area contributed by atoms with Gasteiger partial charge in [-0.05, 0) is 46.3 Å². The van der Waals surface area contributed by atoms with Gasteiger partial charge in [0.15, 0.2) is 0 Å². The van der Waals surface area contributed by atoms with Crippen LogP contribution in [0.15, 0.2) is 22.7 Å². The summed E-state index contributed by atoms with van der Waals surface area (Å²) in [5, 5.41) is 0. The van der Waals surface area contributed by atoms with Crippen LogP contribution >= 0.6 is 15.9 Å². The van der Waals surface area contributed by atoms with Gasteiger partial charge in [-0.15, -0.1) is 0 Å². The van der Waals surface area contributed by atoms with Crippen molar-refractivity contribution < 1.29 is 4.39 Å². The first-order valence-corrected chi connectivity index (χ1v) is 4.52. The maximum atomic E-state index is 13.2. The standard InChI is InChI=1S/C9H8BrF/c10-8-3-1-2-7(9(8)11)6-4-5-6/h1-3,6H,4-5H2. The lowest BCUT2D eigenvalue weighted by molar-refractivity contribution is 0.604. The Kier molecular flexibility index (Phi) is 1.72. The molecule has 1 aliphatic rings. The largest absolute Gasteiger partial charge is 0.205 e. The van der Waals surface area contributed by atoms with Gasteiger partial charge in [0.05, 0.1) is 4.47 Å². The fourth-order valence-corrected chi connectivity index (χ4v) is 1.61. The first kappa shape index (κ1) is 7.29. The van der Waals surface area contributed by atoms with E-state index in [0.717, 1.165) is 18.4 Å². The van der Waals surface area contributed by atoms with Crippen molar-refractivity contribution >= 4 is 15.9 Å². The van der Waals surface area contributed by atoms with Crippen LogP contribution in [0, 0.1) is 5.82 Å². The lowest BCUT2D eigenvalue weighted by atomic mass is 10.1. The summed E-state index contributed by atoms with van der Waals surface area (Å²) in [5.41, 5.74) is 0.874. The van der Waals surface area contributed by atoms with Gasteiger partial charge >= 0.3 is 0 Å². The second-order valence-corrected chi connectivity index (χ2v) is 3.77. The van der Waals surface area contributed by atoms with Crippen molar-refractivity contribution in [1.82, 2.24) is 0 Å². The Bertz CT molecular complexity index is 279. The molecule has 58 valence electrons. The Hall–Kier alpha value is -0.370. The van der Waals surface area contributed by atoms with Crippen molar-refractivity contribution in [1.29, 1.82) is 0 Å². The quantitative estimate of drug-likeness (QED) is 0.672. The zero-order chi connectivity index (χ0) is 7.84. The Labute approximate surface area is 73.6 Å². The first-order chi connectivity index (χ1) is 5.29. The van der Waals surface area contributed by atoms with Gasteiger partial charge in [-0.25, -0.2) is 4.39 Å². The predicted octanol–water partition coefficient (Wildman–Crippen LogP) is 3.47. The minimum absolute atomic E-state index is 0.0741.